The third kappa shape index (κ3) is 4.14. The van der Waals surface area contributed by atoms with E-state index in [1.165, 1.54) is 6.92 Å². The Morgan fingerprint density at radius 2 is 2.04 bits per heavy atom. The van der Waals surface area contributed by atoms with Crippen LogP contribution < -0.4 is 15.0 Å². The molecule has 1 aromatic heterocycles. The molecule has 0 radical (unpaired) electrons. The highest BCUT2D eigenvalue weighted by molar-refractivity contribution is 9.10. The van der Waals surface area contributed by atoms with E-state index >= 15 is 0 Å². The zero-order valence-electron chi connectivity index (χ0n) is 14.6. The van der Waals surface area contributed by atoms with Crippen molar-refractivity contribution in [1.29, 1.82) is 5.26 Å². The molecule has 134 valence electrons. The van der Waals surface area contributed by atoms with E-state index in [0.29, 0.717) is 10.2 Å². The second-order valence-corrected chi connectivity index (χ2v) is 7.10. The summed E-state index contributed by atoms with van der Waals surface area (Å²) in [5.41, 5.74) is 1.42. The molecule has 1 atom stereocenters. The summed E-state index contributed by atoms with van der Waals surface area (Å²) in [6, 6.07) is 13.5. The normalized spacial score (nSPS) is 14.9. The second-order valence-electron chi connectivity index (χ2n) is 6.25. The van der Waals surface area contributed by atoms with Gasteiger partial charge in [0, 0.05) is 6.92 Å². The van der Waals surface area contributed by atoms with Crippen LogP contribution in [0.3, 0.4) is 0 Å². The Labute approximate surface area is 160 Å². The second kappa shape index (κ2) is 7.75. The number of hydrogen-bond donors (Lipinski definition) is 1. The number of carbonyl (C=O) groups is 1. The fraction of sp³-hybridized carbons (Fsp3) is 0.316. The van der Waals surface area contributed by atoms with Gasteiger partial charge in [-0.25, -0.2) is 4.98 Å². The van der Waals surface area contributed by atoms with Gasteiger partial charge in [0.05, 0.1) is 23.6 Å². The molecule has 26 heavy (non-hydrogen) atoms. The van der Waals surface area contributed by atoms with Crippen molar-refractivity contribution >= 4 is 27.7 Å². The number of carbonyl (C=O) groups excluding carboxylic acids is 1. The van der Waals surface area contributed by atoms with Crippen LogP contribution in [0, 0.1) is 11.3 Å². The maximum Gasteiger partial charge on any atom is 0.217 e. The summed E-state index contributed by atoms with van der Waals surface area (Å²) in [7, 11) is 0. The van der Waals surface area contributed by atoms with Crippen LogP contribution in [0.1, 0.15) is 31.1 Å². The van der Waals surface area contributed by atoms with Crippen molar-refractivity contribution in [1.82, 2.24) is 10.3 Å². The van der Waals surface area contributed by atoms with E-state index in [9.17, 15) is 4.79 Å². The van der Waals surface area contributed by atoms with Crippen LogP contribution in [-0.4, -0.2) is 30.1 Å². The lowest BCUT2D eigenvalue weighted by Crippen LogP contribution is -2.54. The molecule has 1 aliphatic rings. The van der Waals surface area contributed by atoms with E-state index in [-0.39, 0.29) is 18.1 Å². The summed E-state index contributed by atoms with van der Waals surface area (Å²) in [5.74, 6) is 1.53. The number of pyridine rings is 1. The van der Waals surface area contributed by atoms with Crippen LogP contribution in [-0.2, 0) is 4.79 Å². The average molecular weight is 415 g/mol. The van der Waals surface area contributed by atoms with E-state index in [2.05, 4.69) is 37.2 Å². The standard InChI is InChI=1S/C19H19BrN4O2/c1-12(22-13(2)25)14-3-5-15(6-4-14)26-16-10-24(11-16)19-8-7-17(20)18(9-21)23-19/h3-8,12,16H,10-11H2,1-2H3,(H,22,25)/t12-/m0/s1. The number of aromatic nitrogens is 1. The lowest BCUT2D eigenvalue weighted by atomic mass is 10.1. The van der Waals surface area contributed by atoms with Crippen molar-refractivity contribution in [2.45, 2.75) is 26.0 Å². The van der Waals surface area contributed by atoms with E-state index in [4.69, 9.17) is 10.00 Å². The summed E-state index contributed by atoms with van der Waals surface area (Å²) in [4.78, 5) is 17.5. The lowest BCUT2D eigenvalue weighted by molar-refractivity contribution is -0.119. The maximum atomic E-state index is 11.1. The van der Waals surface area contributed by atoms with E-state index in [1.807, 2.05) is 43.3 Å². The minimum atomic E-state index is -0.0477. The highest BCUT2D eigenvalue weighted by atomic mass is 79.9. The first-order valence-corrected chi connectivity index (χ1v) is 9.11. The minimum Gasteiger partial charge on any atom is -0.487 e. The number of nitrogens with one attached hydrogen (secondary N) is 1. The van der Waals surface area contributed by atoms with Gasteiger partial charge in [0.15, 0.2) is 5.69 Å². The van der Waals surface area contributed by atoms with Crippen LogP contribution in [0.4, 0.5) is 5.82 Å². The molecule has 0 unspecified atom stereocenters. The summed E-state index contributed by atoms with van der Waals surface area (Å²) in [5, 5.41) is 11.9. The Morgan fingerprint density at radius 3 is 2.65 bits per heavy atom. The van der Waals surface area contributed by atoms with E-state index in [0.717, 1.165) is 30.2 Å². The van der Waals surface area contributed by atoms with Crippen molar-refractivity contribution in [2.75, 3.05) is 18.0 Å². The topological polar surface area (TPSA) is 78.2 Å². The molecular weight excluding hydrogens is 396 g/mol. The number of halogens is 1. The summed E-state index contributed by atoms with van der Waals surface area (Å²) >= 11 is 3.31. The van der Waals surface area contributed by atoms with Crippen LogP contribution in [0.15, 0.2) is 40.9 Å². The van der Waals surface area contributed by atoms with Gasteiger partial charge in [0.25, 0.3) is 0 Å². The Kier molecular flexibility index (Phi) is 5.43. The number of ether oxygens (including phenoxy) is 1. The first-order valence-electron chi connectivity index (χ1n) is 8.31. The molecule has 0 aliphatic carbocycles. The van der Waals surface area contributed by atoms with Gasteiger partial charge in [-0.2, -0.15) is 5.26 Å². The molecular formula is C19H19BrN4O2. The highest BCUT2D eigenvalue weighted by Crippen LogP contribution is 2.26. The number of hydrogen-bond acceptors (Lipinski definition) is 5. The Balaban J connectivity index is 1.54. The van der Waals surface area contributed by atoms with Gasteiger partial charge >= 0.3 is 0 Å². The van der Waals surface area contributed by atoms with Gasteiger partial charge in [-0.05, 0) is 52.7 Å². The van der Waals surface area contributed by atoms with Crippen LogP contribution >= 0.6 is 15.9 Å². The summed E-state index contributed by atoms with van der Waals surface area (Å²) < 4.78 is 6.67. The molecule has 2 aromatic rings. The molecule has 1 amide bonds. The number of nitrogens with zero attached hydrogens (tertiary/aromatic N) is 3. The minimum absolute atomic E-state index is 0.0291. The van der Waals surface area contributed by atoms with E-state index in [1.54, 1.807) is 0 Å². The quantitative estimate of drug-likeness (QED) is 0.812. The zero-order chi connectivity index (χ0) is 18.7. The molecule has 1 N–H and O–H groups in total. The first-order chi connectivity index (χ1) is 12.5. The monoisotopic (exact) mass is 414 g/mol. The number of nitriles is 1. The molecule has 1 saturated heterocycles. The van der Waals surface area contributed by atoms with Gasteiger partial charge in [-0.15, -0.1) is 0 Å². The van der Waals surface area contributed by atoms with Crippen molar-refractivity contribution < 1.29 is 9.53 Å². The molecule has 6 nitrogen and oxygen atoms in total. The number of amides is 1. The van der Waals surface area contributed by atoms with Gasteiger partial charge in [-0.3, -0.25) is 4.79 Å². The van der Waals surface area contributed by atoms with Crippen molar-refractivity contribution in [2.24, 2.45) is 0 Å². The molecule has 0 saturated carbocycles. The highest BCUT2D eigenvalue weighted by Gasteiger charge is 2.30. The smallest absolute Gasteiger partial charge is 0.217 e. The number of benzene rings is 1. The lowest BCUT2D eigenvalue weighted by Gasteiger charge is -2.39. The number of anilines is 1. The molecule has 1 aromatic carbocycles. The van der Waals surface area contributed by atoms with Gasteiger partial charge in [-0.1, -0.05) is 12.1 Å². The van der Waals surface area contributed by atoms with Crippen LogP contribution in [0.5, 0.6) is 5.75 Å². The average Bonchev–Trinajstić information content (AvgIpc) is 2.58. The summed E-state index contributed by atoms with van der Waals surface area (Å²) in [6.45, 7) is 4.91. The molecule has 0 bridgehead atoms. The van der Waals surface area contributed by atoms with Gasteiger partial charge in [0.2, 0.25) is 5.91 Å². The van der Waals surface area contributed by atoms with Gasteiger partial charge in [0.1, 0.15) is 23.7 Å². The van der Waals surface area contributed by atoms with Gasteiger partial charge < -0.3 is 15.0 Å². The van der Waals surface area contributed by atoms with Crippen molar-refractivity contribution in [3.05, 3.63) is 52.1 Å². The first kappa shape index (κ1) is 18.2. The number of rotatable bonds is 5. The fourth-order valence-electron chi connectivity index (χ4n) is 2.80. The summed E-state index contributed by atoms with van der Waals surface area (Å²) in [6.07, 6.45) is 0.0876. The molecule has 7 heteroatoms. The molecule has 2 heterocycles. The molecule has 1 aliphatic heterocycles. The third-order valence-corrected chi connectivity index (χ3v) is 4.85. The maximum absolute atomic E-state index is 11.1. The fourth-order valence-corrected chi connectivity index (χ4v) is 3.11. The van der Waals surface area contributed by atoms with Crippen LogP contribution in [0.25, 0.3) is 0 Å². The van der Waals surface area contributed by atoms with Crippen molar-refractivity contribution in [3.63, 3.8) is 0 Å². The molecule has 0 spiro atoms. The third-order valence-electron chi connectivity index (χ3n) is 4.21. The Morgan fingerprint density at radius 1 is 1.35 bits per heavy atom. The largest absolute Gasteiger partial charge is 0.487 e. The predicted molar refractivity (Wildman–Crippen MR) is 102 cm³/mol. The predicted octanol–water partition coefficient (Wildman–Crippen LogP) is 3.18. The molecule has 1 fully saturated rings. The molecule has 3 rings (SSSR count). The van der Waals surface area contributed by atoms with E-state index < -0.39 is 0 Å². The zero-order valence-corrected chi connectivity index (χ0v) is 16.2. The Bertz CT molecular complexity index is 842. The van der Waals surface area contributed by atoms with Crippen molar-refractivity contribution in [3.8, 4) is 11.8 Å². The van der Waals surface area contributed by atoms with Crippen LogP contribution in [0.2, 0.25) is 0 Å². The SMILES string of the molecule is CC(=O)N[C@@H](C)c1ccc(OC2CN(c3ccc(Br)c(C#N)n3)C2)cc1. The Hall–Kier alpha value is -2.59.